The summed E-state index contributed by atoms with van der Waals surface area (Å²) in [7, 11) is 0. The summed E-state index contributed by atoms with van der Waals surface area (Å²) in [6.07, 6.45) is 1.84. The Kier molecular flexibility index (Phi) is 4.81. The van der Waals surface area contributed by atoms with Crippen LogP contribution in [-0.2, 0) is 22.7 Å². The summed E-state index contributed by atoms with van der Waals surface area (Å²) < 4.78 is 0. The van der Waals surface area contributed by atoms with Gasteiger partial charge in [-0.05, 0) is 24.1 Å². The highest BCUT2D eigenvalue weighted by molar-refractivity contribution is 6.24. The molecule has 9 nitrogen and oxygen atoms in total. The number of benzene rings is 1. The fourth-order valence-corrected chi connectivity index (χ4v) is 3.67. The van der Waals surface area contributed by atoms with E-state index in [1.54, 1.807) is 30.5 Å². The molecule has 4 amide bonds. The highest BCUT2D eigenvalue weighted by Gasteiger charge is 2.45. The number of hydrogen-bond acceptors (Lipinski definition) is 7. The molecule has 3 heterocycles. The Labute approximate surface area is 166 Å². The Morgan fingerprint density at radius 1 is 1.10 bits per heavy atom. The minimum Gasteiger partial charge on any atom is -0.366 e. The first kappa shape index (κ1) is 18.8. The standard InChI is InChI=1S/C20H19N5O4/c21-9-11-4-2-8-22-17(11)23-10-12-3-1-5-13-16(12)20(29)25(19(13)28)14-6-7-15(26)24-18(14)27/h1-5,8,14H,6-7,9-10,21H2,(H,22,23)(H,24,26,27). The molecule has 2 aliphatic rings. The Bertz CT molecular complexity index is 1040. The van der Waals surface area contributed by atoms with Gasteiger partial charge in [-0.15, -0.1) is 0 Å². The van der Waals surface area contributed by atoms with Crippen molar-refractivity contribution in [2.45, 2.75) is 32.0 Å². The fourth-order valence-electron chi connectivity index (χ4n) is 3.67. The second-order valence-corrected chi connectivity index (χ2v) is 6.86. The molecule has 1 aromatic carbocycles. The van der Waals surface area contributed by atoms with Crippen molar-refractivity contribution in [2.24, 2.45) is 5.73 Å². The predicted octanol–water partition coefficient (Wildman–Crippen LogP) is 0.554. The van der Waals surface area contributed by atoms with Crippen LogP contribution in [0.2, 0.25) is 0 Å². The number of piperidine rings is 1. The molecule has 1 saturated heterocycles. The van der Waals surface area contributed by atoms with Gasteiger partial charge < -0.3 is 11.1 Å². The van der Waals surface area contributed by atoms with Crippen LogP contribution in [0.5, 0.6) is 0 Å². The number of fused-ring (bicyclic) bond motifs is 1. The van der Waals surface area contributed by atoms with Gasteiger partial charge in [-0.25, -0.2) is 4.98 Å². The quantitative estimate of drug-likeness (QED) is 0.632. The summed E-state index contributed by atoms with van der Waals surface area (Å²) in [5, 5.41) is 5.35. The van der Waals surface area contributed by atoms with E-state index in [0.717, 1.165) is 10.5 Å². The summed E-state index contributed by atoms with van der Waals surface area (Å²) in [5.41, 5.74) is 7.68. The number of imide groups is 2. The lowest BCUT2D eigenvalue weighted by Crippen LogP contribution is -2.54. The summed E-state index contributed by atoms with van der Waals surface area (Å²) >= 11 is 0. The highest BCUT2D eigenvalue weighted by Crippen LogP contribution is 2.30. The van der Waals surface area contributed by atoms with Gasteiger partial charge >= 0.3 is 0 Å². The molecule has 4 N–H and O–H groups in total. The predicted molar refractivity (Wildman–Crippen MR) is 103 cm³/mol. The average molecular weight is 393 g/mol. The van der Waals surface area contributed by atoms with Gasteiger partial charge in [0, 0.05) is 31.3 Å². The third-order valence-electron chi connectivity index (χ3n) is 5.11. The van der Waals surface area contributed by atoms with E-state index < -0.39 is 29.7 Å². The number of pyridine rings is 1. The van der Waals surface area contributed by atoms with E-state index >= 15 is 0 Å². The summed E-state index contributed by atoms with van der Waals surface area (Å²) in [4.78, 5) is 54.7. The number of rotatable bonds is 5. The van der Waals surface area contributed by atoms with Crippen molar-refractivity contribution < 1.29 is 19.2 Å². The largest absolute Gasteiger partial charge is 0.366 e. The Hall–Kier alpha value is -3.59. The number of carbonyl (C=O) groups excluding carboxylic acids is 4. The van der Waals surface area contributed by atoms with Gasteiger partial charge in [0.25, 0.3) is 11.8 Å². The fraction of sp³-hybridized carbons (Fsp3) is 0.250. The Morgan fingerprint density at radius 3 is 2.66 bits per heavy atom. The molecule has 148 valence electrons. The van der Waals surface area contributed by atoms with E-state index in [2.05, 4.69) is 15.6 Å². The van der Waals surface area contributed by atoms with Crippen molar-refractivity contribution in [1.29, 1.82) is 0 Å². The summed E-state index contributed by atoms with van der Waals surface area (Å²) in [6, 6.07) is 7.66. The minimum absolute atomic E-state index is 0.0831. The molecule has 2 aromatic rings. The number of nitrogens with two attached hydrogens (primary N) is 1. The van der Waals surface area contributed by atoms with E-state index in [0.29, 0.717) is 17.9 Å². The normalized spacial score (nSPS) is 18.7. The van der Waals surface area contributed by atoms with Crippen molar-refractivity contribution in [1.82, 2.24) is 15.2 Å². The molecule has 1 atom stereocenters. The number of amides is 4. The zero-order valence-electron chi connectivity index (χ0n) is 15.5. The number of nitrogens with zero attached hydrogens (tertiary/aromatic N) is 2. The van der Waals surface area contributed by atoms with Gasteiger partial charge in [0.2, 0.25) is 11.8 Å². The lowest BCUT2D eigenvalue weighted by molar-refractivity contribution is -0.136. The van der Waals surface area contributed by atoms with Crippen LogP contribution in [0.4, 0.5) is 5.82 Å². The molecule has 0 bridgehead atoms. The number of anilines is 1. The number of aromatic nitrogens is 1. The molecular weight excluding hydrogens is 374 g/mol. The van der Waals surface area contributed by atoms with Crippen LogP contribution in [0.15, 0.2) is 36.5 Å². The van der Waals surface area contributed by atoms with Gasteiger partial charge in [-0.2, -0.15) is 0 Å². The van der Waals surface area contributed by atoms with E-state index in [1.807, 2.05) is 6.07 Å². The molecular formula is C20H19N5O4. The molecule has 1 unspecified atom stereocenters. The Morgan fingerprint density at radius 2 is 1.90 bits per heavy atom. The topological polar surface area (TPSA) is 134 Å². The molecule has 1 aromatic heterocycles. The average Bonchev–Trinajstić information content (AvgIpc) is 2.98. The molecule has 29 heavy (non-hydrogen) atoms. The van der Waals surface area contributed by atoms with Gasteiger partial charge in [-0.3, -0.25) is 29.4 Å². The van der Waals surface area contributed by atoms with Crippen molar-refractivity contribution in [3.63, 3.8) is 0 Å². The number of hydrogen-bond donors (Lipinski definition) is 3. The first-order valence-electron chi connectivity index (χ1n) is 9.22. The van der Waals surface area contributed by atoms with Crippen molar-refractivity contribution in [2.75, 3.05) is 5.32 Å². The first-order valence-corrected chi connectivity index (χ1v) is 9.22. The van der Waals surface area contributed by atoms with Crippen LogP contribution in [0, 0.1) is 0 Å². The third-order valence-corrected chi connectivity index (χ3v) is 5.11. The van der Waals surface area contributed by atoms with Crippen LogP contribution in [-0.4, -0.2) is 39.6 Å². The lowest BCUT2D eigenvalue weighted by atomic mass is 10.0. The maximum Gasteiger partial charge on any atom is 0.262 e. The molecule has 0 saturated carbocycles. The van der Waals surface area contributed by atoms with Gasteiger partial charge in [0.15, 0.2) is 0 Å². The van der Waals surface area contributed by atoms with E-state index in [-0.39, 0.29) is 30.5 Å². The third kappa shape index (κ3) is 3.25. The second-order valence-electron chi connectivity index (χ2n) is 6.86. The maximum atomic E-state index is 13.1. The van der Waals surface area contributed by atoms with E-state index in [1.165, 1.54) is 0 Å². The number of nitrogens with one attached hydrogen (secondary N) is 2. The smallest absolute Gasteiger partial charge is 0.262 e. The molecule has 0 aliphatic carbocycles. The van der Waals surface area contributed by atoms with Gasteiger partial charge in [-0.1, -0.05) is 18.2 Å². The first-order chi connectivity index (χ1) is 14.0. The Balaban J connectivity index is 1.61. The summed E-state index contributed by atoms with van der Waals surface area (Å²) in [5.74, 6) is -1.49. The maximum absolute atomic E-state index is 13.1. The van der Waals surface area contributed by atoms with Crippen LogP contribution < -0.4 is 16.4 Å². The monoisotopic (exact) mass is 393 g/mol. The molecule has 2 aliphatic heterocycles. The van der Waals surface area contributed by atoms with Gasteiger partial charge in [0.1, 0.15) is 11.9 Å². The van der Waals surface area contributed by atoms with Crippen molar-refractivity contribution >= 4 is 29.4 Å². The van der Waals surface area contributed by atoms with Crippen molar-refractivity contribution in [3.05, 3.63) is 58.8 Å². The second kappa shape index (κ2) is 7.44. The van der Waals surface area contributed by atoms with E-state index in [4.69, 9.17) is 5.73 Å². The highest BCUT2D eigenvalue weighted by atomic mass is 16.2. The van der Waals surface area contributed by atoms with E-state index in [9.17, 15) is 19.2 Å². The molecule has 0 radical (unpaired) electrons. The number of carbonyl (C=O) groups is 4. The van der Waals surface area contributed by atoms with Gasteiger partial charge in [0.05, 0.1) is 11.1 Å². The van der Waals surface area contributed by atoms with Crippen molar-refractivity contribution in [3.8, 4) is 0 Å². The molecule has 9 heteroatoms. The zero-order chi connectivity index (χ0) is 20.5. The van der Waals surface area contributed by atoms with Crippen LogP contribution in [0.3, 0.4) is 0 Å². The SMILES string of the molecule is NCc1cccnc1NCc1cccc2c1C(=O)N(C1CCC(=O)NC1=O)C2=O. The lowest BCUT2D eigenvalue weighted by Gasteiger charge is -2.27. The minimum atomic E-state index is -0.986. The van der Waals surface area contributed by atoms with Crippen LogP contribution >= 0.6 is 0 Å². The molecule has 1 fully saturated rings. The zero-order valence-corrected chi connectivity index (χ0v) is 15.5. The molecule has 4 rings (SSSR count). The van der Waals surface area contributed by atoms with Crippen LogP contribution in [0.1, 0.15) is 44.7 Å². The molecule has 0 spiro atoms. The summed E-state index contributed by atoms with van der Waals surface area (Å²) in [6.45, 7) is 0.569. The van der Waals surface area contributed by atoms with Crippen LogP contribution in [0.25, 0.3) is 0 Å².